The Morgan fingerprint density at radius 1 is 1.14 bits per heavy atom. The highest BCUT2D eigenvalue weighted by Gasteiger charge is 2.14. The molecule has 0 aliphatic rings. The van der Waals surface area contributed by atoms with Crippen LogP contribution in [0, 0.1) is 5.82 Å². The van der Waals surface area contributed by atoms with Crippen molar-refractivity contribution >= 4 is 11.0 Å². The van der Waals surface area contributed by atoms with E-state index in [2.05, 4.69) is 0 Å². The van der Waals surface area contributed by atoms with Crippen LogP contribution in [0.2, 0.25) is 0 Å². The number of rotatable bonds is 4. The Bertz CT molecular complexity index is 746. The fraction of sp³-hybridized carbons (Fsp3) is 0.176. The molecule has 0 radical (unpaired) electrons. The molecule has 3 aromatic rings. The zero-order valence-corrected chi connectivity index (χ0v) is 11.5. The Morgan fingerprint density at radius 3 is 2.62 bits per heavy atom. The SMILES string of the molecule is COc1ccc(CC(O)c2cc3cc(F)ccc3o2)cc1. The van der Waals surface area contributed by atoms with Crippen LogP contribution >= 0.6 is 0 Å². The van der Waals surface area contributed by atoms with Crippen LogP contribution in [-0.4, -0.2) is 12.2 Å². The van der Waals surface area contributed by atoms with Gasteiger partial charge in [0.2, 0.25) is 0 Å². The molecule has 1 aromatic heterocycles. The lowest BCUT2D eigenvalue weighted by atomic mass is 10.1. The van der Waals surface area contributed by atoms with Crippen molar-refractivity contribution in [2.75, 3.05) is 7.11 Å². The van der Waals surface area contributed by atoms with Crippen molar-refractivity contribution in [3.05, 3.63) is 65.7 Å². The highest BCUT2D eigenvalue weighted by molar-refractivity contribution is 5.77. The summed E-state index contributed by atoms with van der Waals surface area (Å²) in [6.07, 6.45) is -0.347. The van der Waals surface area contributed by atoms with Crippen LogP contribution in [0.15, 0.2) is 52.9 Å². The molecular formula is C17H15FO3. The van der Waals surface area contributed by atoms with Gasteiger partial charge in [-0.05, 0) is 42.0 Å². The average Bonchev–Trinajstić information content (AvgIpc) is 2.91. The summed E-state index contributed by atoms with van der Waals surface area (Å²) in [4.78, 5) is 0. The Hall–Kier alpha value is -2.33. The normalized spacial score (nSPS) is 12.5. The number of halogens is 1. The molecule has 4 heteroatoms. The molecule has 1 unspecified atom stereocenters. The van der Waals surface area contributed by atoms with Crippen molar-refractivity contribution in [1.82, 2.24) is 0 Å². The Balaban J connectivity index is 1.80. The van der Waals surface area contributed by atoms with Crippen molar-refractivity contribution in [3.63, 3.8) is 0 Å². The van der Waals surface area contributed by atoms with E-state index in [-0.39, 0.29) is 5.82 Å². The Morgan fingerprint density at radius 2 is 1.90 bits per heavy atom. The zero-order chi connectivity index (χ0) is 14.8. The molecule has 0 bridgehead atoms. The molecular weight excluding hydrogens is 271 g/mol. The predicted octanol–water partition coefficient (Wildman–Crippen LogP) is 3.86. The zero-order valence-electron chi connectivity index (χ0n) is 11.5. The van der Waals surface area contributed by atoms with Crippen LogP contribution in [0.3, 0.4) is 0 Å². The summed E-state index contributed by atoms with van der Waals surface area (Å²) in [5.41, 5.74) is 1.54. The molecule has 1 N–H and O–H groups in total. The highest BCUT2D eigenvalue weighted by atomic mass is 19.1. The van der Waals surface area contributed by atoms with Crippen LogP contribution in [-0.2, 0) is 6.42 Å². The second kappa shape index (κ2) is 5.58. The van der Waals surface area contributed by atoms with E-state index in [1.165, 1.54) is 12.1 Å². The lowest BCUT2D eigenvalue weighted by molar-refractivity contribution is 0.152. The molecule has 1 atom stereocenters. The first-order valence-electron chi connectivity index (χ1n) is 6.66. The quantitative estimate of drug-likeness (QED) is 0.792. The molecule has 3 rings (SSSR count). The minimum absolute atomic E-state index is 0.320. The first-order chi connectivity index (χ1) is 10.2. The average molecular weight is 286 g/mol. The van der Waals surface area contributed by atoms with Gasteiger partial charge in [0.25, 0.3) is 0 Å². The smallest absolute Gasteiger partial charge is 0.134 e. The first-order valence-corrected chi connectivity index (χ1v) is 6.66. The van der Waals surface area contributed by atoms with Crippen LogP contribution in [0.4, 0.5) is 4.39 Å². The van der Waals surface area contributed by atoms with Crippen LogP contribution in [0.5, 0.6) is 5.75 Å². The molecule has 2 aromatic carbocycles. The largest absolute Gasteiger partial charge is 0.497 e. The van der Waals surface area contributed by atoms with E-state index in [1.807, 2.05) is 24.3 Å². The second-order valence-corrected chi connectivity index (χ2v) is 4.90. The van der Waals surface area contributed by atoms with E-state index in [9.17, 15) is 9.50 Å². The van der Waals surface area contributed by atoms with Gasteiger partial charge in [-0.2, -0.15) is 0 Å². The van der Waals surface area contributed by atoms with Gasteiger partial charge in [-0.15, -0.1) is 0 Å². The minimum Gasteiger partial charge on any atom is -0.497 e. The molecule has 3 nitrogen and oxygen atoms in total. The summed E-state index contributed by atoms with van der Waals surface area (Å²) in [6.45, 7) is 0. The third-order valence-electron chi connectivity index (χ3n) is 3.41. The van der Waals surface area contributed by atoms with Gasteiger partial charge >= 0.3 is 0 Å². The fourth-order valence-corrected chi connectivity index (χ4v) is 2.28. The van der Waals surface area contributed by atoms with Crippen LogP contribution < -0.4 is 4.74 Å². The molecule has 0 aliphatic carbocycles. The summed E-state index contributed by atoms with van der Waals surface area (Å²) < 4.78 is 23.8. The van der Waals surface area contributed by atoms with Gasteiger partial charge in [0.15, 0.2) is 0 Å². The third kappa shape index (κ3) is 2.90. The van der Waals surface area contributed by atoms with Crippen molar-refractivity contribution in [2.24, 2.45) is 0 Å². The number of hydrogen-bond acceptors (Lipinski definition) is 3. The highest BCUT2D eigenvalue weighted by Crippen LogP contribution is 2.27. The van der Waals surface area contributed by atoms with E-state index >= 15 is 0 Å². The number of hydrogen-bond donors (Lipinski definition) is 1. The van der Waals surface area contributed by atoms with Gasteiger partial charge in [-0.25, -0.2) is 4.39 Å². The van der Waals surface area contributed by atoms with E-state index in [0.29, 0.717) is 23.2 Å². The molecule has 0 saturated carbocycles. The summed E-state index contributed by atoms with van der Waals surface area (Å²) in [5.74, 6) is 0.887. The van der Waals surface area contributed by atoms with Gasteiger partial charge in [-0.3, -0.25) is 0 Å². The molecule has 1 heterocycles. The Labute approximate surface area is 121 Å². The van der Waals surface area contributed by atoms with Gasteiger partial charge in [0, 0.05) is 11.8 Å². The predicted molar refractivity (Wildman–Crippen MR) is 77.8 cm³/mol. The van der Waals surface area contributed by atoms with Crippen LogP contribution in [0.25, 0.3) is 11.0 Å². The lowest BCUT2D eigenvalue weighted by Gasteiger charge is -2.08. The summed E-state index contributed by atoms with van der Waals surface area (Å²) in [5, 5.41) is 10.9. The van der Waals surface area contributed by atoms with Crippen molar-refractivity contribution in [1.29, 1.82) is 0 Å². The maximum Gasteiger partial charge on any atom is 0.134 e. The summed E-state index contributed by atoms with van der Waals surface area (Å²) in [7, 11) is 1.61. The standard InChI is InChI=1S/C17H15FO3/c1-20-14-5-2-11(3-6-14)8-15(19)17-10-12-9-13(18)4-7-16(12)21-17/h2-7,9-10,15,19H,8H2,1H3. The molecule has 0 saturated heterocycles. The van der Waals surface area contributed by atoms with Gasteiger partial charge in [0.05, 0.1) is 7.11 Å². The van der Waals surface area contributed by atoms with Gasteiger partial charge in [0.1, 0.15) is 29.0 Å². The third-order valence-corrected chi connectivity index (χ3v) is 3.41. The van der Waals surface area contributed by atoms with Gasteiger partial charge < -0.3 is 14.3 Å². The molecule has 0 spiro atoms. The number of aliphatic hydroxyl groups excluding tert-OH is 1. The number of methoxy groups -OCH3 is 1. The van der Waals surface area contributed by atoms with Crippen molar-refractivity contribution in [3.8, 4) is 5.75 Å². The number of aliphatic hydroxyl groups is 1. The maximum absolute atomic E-state index is 13.1. The maximum atomic E-state index is 13.1. The molecule has 0 aliphatic heterocycles. The second-order valence-electron chi connectivity index (χ2n) is 4.90. The van der Waals surface area contributed by atoms with E-state index in [0.717, 1.165) is 11.3 Å². The fourth-order valence-electron chi connectivity index (χ4n) is 2.28. The summed E-state index contributed by atoms with van der Waals surface area (Å²) in [6, 6.07) is 13.4. The molecule has 21 heavy (non-hydrogen) atoms. The number of furan rings is 1. The molecule has 0 amide bonds. The number of benzene rings is 2. The van der Waals surface area contributed by atoms with Gasteiger partial charge in [-0.1, -0.05) is 12.1 Å². The van der Waals surface area contributed by atoms with E-state index in [1.54, 1.807) is 19.2 Å². The van der Waals surface area contributed by atoms with E-state index in [4.69, 9.17) is 9.15 Å². The van der Waals surface area contributed by atoms with Crippen molar-refractivity contribution in [2.45, 2.75) is 12.5 Å². The minimum atomic E-state index is -0.770. The van der Waals surface area contributed by atoms with Crippen molar-refractivity contribution < 1.29 is 18.7 Å². The number of ether oxygens (including phenoxy) is 1. The van der Waals surface area contributed by atoms with Crippen LogP contribution in [0.1, 0.15) is 17.4 Å². The summed E-state index contributed by atoms with van der Waals surface area (Å²) >= 11 is 0. The topological polar surface area (TPSA) is 42.6 Å². The first kappa shape index (κ1) is 13.6. The van der Waals surface area contributed by atoms with E-state index < -0.39 is 6.10 Å². The Kier molecular flexibility index (Phi) is 3.62. The lowest BCUT2D eigenvalue weighted by Crippen LogP contribution is -2.00. The monoisotopic (exact) mass is 286 g/mol. The number of fused-ring (bicyclic) bond motifs is 1. The molecule has 0 fully saturated rings. The molecule has 108 valence electrons.